The van der Waals surface area contributed by atoms with Crippen molar-refractivity contribution in [3.05, 3.63) is 59.2 Å². The minimum Gasteiger partial charge on any atom is -0.290 e. The fourth-order valence-electron chi connectivity index (χ4n) is 1.29. The van der Waals surface area contributed by atoms with Crippen molar-refractivity contribution in [2.24, 2.45) is 4.99 Å². The zero-order valence-corrected chi connectivity index (χ0v) is 9.52. The van der Waals surface area contributed by atoms with Crippen LogP contribution in [-0.2, 0) is 4.79 Å². The average molecular weight is 246 g/mol. The van der Waals surface area contributed by atoms with Crippen LogP contribution in [0.5, 0.6) is 0 Å². The fourth-order valence-corrected chi connectivity index (χ4v) is 1.42. The molecule has 0 aromatic heterocycles. The smallest absolute Gasteiger partial charge is 0.277 e. The second-order valence-corrected chi connectivity index (χ2v) is 3.85. The molecule has 1 aromatic carbocycles. The van der Waals surface area contributed by atoms with Crippen LogP contribution in [0, 0.1) is 0 Å². The van der Waals surface area contributed by atoms with Gasteiger partial charge in [-0.25, -0.2) is 4.99 Å². The third kappa shape index (κ3) is 2.98. The first-order chi connectivity index (χ1) is 8.15. The maximum Gasteiger partial charge on any atom is 0.277 e. The lowest BCUT2D eigenvalue weighted by Crippen LogP contribution is -2.03. The molecule has 0 N–H and O–H groups in total. The van der Waals surface area contributed by atoms with Crippen molar-refractivity contribution in [2.75, 3.05) is 0 Å². The van der Waals surface area contributed by atoms with E-state index in [2.05, 4.69) is 4.99 Å². The van der Waals surface area contributed by atoms with Crippen molar-refractivity contribution in [3.8, 4) is 0 Å². The number of allylic oxidation sites excluding steroid dienone is 4. The Bertz CT molecular complexity index is 535. The zero-order chi connectivity index (χ0) is 12.3. The first-order valence-corrected chi connectivity index (χ1v) is 5.32. The minimum atomic E-state index is -0.361. The number of rotatable bonds is 1. The van der Waals surface area contributed by atoms with Crippen LogP contribution in [0.2, 0.25) is 5.02 Å². The average Bonchev–Trinajstić information content (AvgIpc) is 2.33. The first kappa shape index (κ1) is 11.5. The summed E-state index contributed by atoms with van der Waals surface area (Å²) in [6.07, 6.45) is 5.76. The van der Waals surface area contributed by atoms with Crippen LogP contribution >= 0.6 is 11.6 Å². The summed E-state index contributed by atoms with van der Waals surface area (Å²) in [5, 5.41) is 0.567. The summed E-state index contributed by atoms with van der Waals surface area (Å²) in [6.45, 7) is 0. The summed E-state index contributed by atoms with van der Waals surface area (Å²) in [5.41, 5.74) is 0.921. The Morgan fingerprint density at radius 3 is 2.18 bits per heavy atom. The maximum atomic E-state index is 11.7. The summed E-state index contributed by atoms with van der Waals surface area (Å²) in [5.74, 6) is -0.469. The molecule has 1 aromatic rings. The molecule has 0 aliphatic heterocycles. The Morgan fingerprint density at radius 2 is 1.59 bits per heavy atom. The van der Waals surface area contributed by atoms with Crippen LogP contribution in [0.15, 0.2) is 53.6 Å². The van der Waals surface area contributed by atoms with Gasteiger partial charge < -0.3 is 0 Å². The third-order valence-electron chi connectivity index (χ3n) is 2.16. The van der Waals surface area contributed by atoms with Gasteiger partial charge in [-0.05, 0) is 48.6 Å². The van der Waals surface area contributed by atoms with Gasteiger partial charge in [0, 0.05) is 10.6 Å². The third-order valence-corrected chi connectivity index (χ3v) is 2.41. The Labute approximate surface area is 103 Å². The first-order valence-electron chi connectivity index (χ1n) is 4.94. The molecule has 0 bridgehead atoms. The van der Waals surface area contributed by atoms with Crippen molar-refractivity contribution in [1.29, 1.82) is 0 Å². The van der Waals surface area contributed by atoms with Crippen LogP contribution in [0.3, 0.4) is 0 Å². The van der Waals surface area contributed by atoms with Gasteiger partial charge in [-0.3, -0.25) is 9.59 Å². The topological polar surface area (TPSA) is 46.5 Å². The van der Waals surface area contributed by atoms with Crippen LogP contribution in [0.1, 0.15) is 10.4 Å². The number of hydrogen-bond donors (Lipinski definition) is 0. The number of aliphatic imine (C=N–C) groups is 1. The van der Waals surface area contributed by atoms with Gasteiger partial charge in [-0.2, -0.15) is 0 Å². The molecule has 0 saturated heterocycles. The van der Waals surface area contributed by atoms with Crippen molar-refractivity contribution < 1.29 is 9.59 Å². The van der Waals surface area contributed by atoms with E-state index in [9.17, 15) is 9.59 Å². The van der Waals surface area contributed by atoms with E-state index in [1.807, 2.05) is 0 Å². The normalized spacial score (nSPS) is 13.9. The lowest BCUT2D eigenvalue weighted by molar-refractivity contribution is -0.110. The highest BCUT2D eigenvalue weighted by atomic mass is 35.5. The van der Waals surface area contributed by atoms with E-state index in [0.717, 1.165) is 0 Å². The lowest BCUT2D eigenvalue weighted by Gasteiger charge is -1.99. The van der Waals surface area contributed by atoms with E-state index in [1.165, 1.54) is 24.3 Å². The Kier molecular flexibility index (Phi) is 3.30. The molecule has 0 radical (unpaired) electrons. The number of hydrogen-bond acceptors (Lipinski definition) is 2. The summed E-state index contributed by atoms with van der Waals surface area (Å²) in [6, 6.07) is 6.47. The summed E-state index contributed by atoms with van der Waals surface area (Å²) in [7, 11) is 0. The summed E-state index contributed by atoms with van der Waals surface area (Å²) >= 11 is 5.72. The van der Waals surface area contributed by atoms with Crippen LogP contribution < -0.4 is 0 Å². The maximum absolute atomic E-state index is 11.7. The molecule has 0 atom stereocenters. The van der Waals surface area contributed by atoms with Gasteiger partial charge in [0.1, 0.15) is 0 Å². The van der Waals surface area contributed by atoms with E-state index in [-0.39, 0.29) is 11.7 Å². The fraction of sp³-hybridized carbons (Fsp3) is 0. The van der Waals surface area contributed by atoms with E-state index in [0.29, 0.717) is 16.3 Å². The van der Waals surface area contributed by atoms with Gasteiger partial charge in [-0.1, -0.05) is 11.6 Å². The molecule has 84 valence electrons. The number of carbonyl (C=O) groups excluding carboxylic acids is 2. The Morgan fingerprint density at radius 1 is 1.00 bits per heavy atom. The summed E-state index contributed by atoms with van der Waals surface area (Å²) in [4.78, 5) is 26.5. The van der Waals surface area contributed by atoms with Crippen LogP contribution in [0.25, 0.3) is 0 Å². The Balaban J connectivity index is 2.20. The molecule has 0 heterocycles. The molecule has 17 heavy (non-hydrogen) atoms. The minimum absolute atomic E-state index is 0.108. The van der Waals surface area contributed by atoms with E-state index < -0.39 is 0 Å². The molecule has 1 aliphatic rings. The molecule has 2 rings (SSSR count). The number of benzene rings is 1. The van der Waals surface area contributed by atoms with E-state index in [1.54, 1.807) is 24.3 Å². The highest BCUT2D eigenvalue weighted by molar-refractivity contribution is 6.30. The largest absolute Gasteiger partial charge is 0.290 e. The van der Waals surface area contributed by atoms with Gasteiger partial charge in [0.05, 0.1) is 5.71 Å². The monoisotopic (exact) mass is 245 g/mol. The van der Waals surface area contributed by atoms with Gasteiger partial charge in [0.25, 0.3) is 5.91 Å². The highest BCUT2D eigenvalue weighted by Crippen LogP contribution is 2.10. The van der Waals surface area contributed by atoms with Crippen molar-refractivity contribution >= 4 is 29.0 Å². The molecular formula is C13H8ClNO2. The van der Waals surface area contributed by atoms with Gasteiger partial charge in [0.2, 0.25) is 0 Å². The van der Waals surface area contributed by atoms with E-state index >= 15 is 0 Å². The number of amides is 1. The zero-order valence-electron chi connectivity index (χ0n) is 8.76. The molecule has 0 saturated carbocycles. The molecule has 4 heteroatoms. The molecule has 0 fully saturated rings. The van der Waals surface area contributed by atoms with Crippen LogP contribution in [0.4, 0.5) is 0 Å². The predicted octanol–water partition coefficient (Wildman–Crippen LogP) is 2.62. The highest BCUT2D eigenvalue weighted by Gasteiger charge is 2.06. The van der Waals surface area contributed by atoms with Gasteiger partial charge in [0.15, 0.2) is 5.78 Å². The standard InChI is InChI=1S/C13H8ClNO2/c14-10-3-1-9(2-4-10)13(17)15-11-5-7-12(16)8-6-11/h1-8H. The van der Waals surface area contributed by atoms with E-state index in [4.69, 9.17) is 11.6 Å². The number of carbonyl (C=O) groups is 2. The number of halogens is 1. The number of ketones is 1. The quantitative estimate of drug-likeness (QED) is 0.714. The van der Waals surface area contributed by atoms with Crippen LogP contribution in [-0.4, -0.2) is 17.4 Å². The van der Waals surface area contributed by atoms with Gasteiger partial charge >= 0.3 is 0 Å². The predicted molar refractivity (Wildman–Crippen MR) is 66.5 cm³/mol. The second-order valence-electron chi connectivity index (χ2n) is 3.42. The molecule has 3 nitrogen and oxygen atoms in total. The van der Waals surface area contributed by atoms with Crippen molar-refractivity contribution in [2.45, 2.75) is 0 Å². The molecule has 1 amide bonds. The molecule has 1 aliphatic carbocycles. The Hall–Kier alpha value is -2.00. The van der Waals surface area contributed by atoms with Gasteiger partial charge in [-0.15, -0.1) is 0 Å². The second kappa shape index (κ2) is 4.89. The molecule has 0 spiro atoms. The van der Waals surface area contributed by atoms with Crippen molar-refractivity contribution in [3.63, 3.8) is 0 Å². The number of nitrogens with zero attached hydrogens (tertiary/aromatic N) is 1. The summed E-state index contributed by atoms with van der Waals surface area (Å²) < 4.78 is 0. The SMILES string of the molecule is O=C1C=CC(=NC(=O)c2ccc(Cl)cc2)C=C1. The molecular weight excluding hydrogens is 238 g/mol. The molecule has 0 unspecified atom stereocenters. The van der Waals surface area contributed by atoms with Crippen molar-refractivity contribution in [1.82, 2.24) is 0 Å². The lowest BCUT2D eigenvalue weighted by atomic mass is 10.1.